The molecule has 1 aromatic rings. The fraction of sp³-hybridized carbons (Fsp3) is 0.533. The summed E-state index contributed by atoms with van der Waals surface area (Å²) in [5, 5.41) is 0. The summed E-state index contributed by atoms with van der Waals surface area (Å²) in [6.07, 6.45) is 1.72. The first-order valence-electron chi connectivity index (χ1n) is 7.08. The number of benzene rings is 1. The van der Waals surface area contributed by atoms with Gasteiger partial charge in [-0.3, -0.25) is 4.79 Å². The number of ether oxygens (including phenoxy) is 2. The van der Waals surface area contributed by atoms with Crippen molar-refractivity contribution in [1.29, 1.82) is 0 Å². The van der Waals surface area contributed by atoms with Crippen molar-refractivity contribution in [2.24, 2.45) is 5.73 Å². The normalized spacial score (nSPS) is 15.2. The van der Waals surface area contributed by atoms with Crippen molar-refractivity contribution in [3.63, 3.8) is 0 Å². The molecular formula is C15H23ClN2O3. The summed E-state index contributed by atoms with van der Waals surface area (Å²) in [6, 6.07) is 7.61. The van der Waals surface area contributed by atoms with Crippen molar-refractivity contribution in [3.8, 4) is 11.5 Å². The molecule has 0 bridgehead atoms. The van der Waals surface area contributed by atoms with Gasteiger partial charge in [-0.1, -0.05) is 12.1 Å². The van der Waals surface area contributed by atoms with Gasteiger partial charge < -0.3 is 20.1 Å². The molecule has 2 N–H and O–H groups in total. The van der Waals surface area contributed by atoms with E-state index in [1.165, 1.54) is 0 Å². The van der Waals surface area contributed by atoms with E-state index in [9.17, 15) is 4.79 Å². The largest absolute Gasteiger partial charge is 0.490 e. The molecule has 2 rings (SSSR count). The first-order valence-corrected chi connectivity index (χ1v) is 7.08. The Labute approximate surface area is 131 Å². The third kappa shape index (κ3) is 5.10. The molecular weight excluding hydrogens is 292 g/mol. The van der Waals surface area contributed by atoms with E-state index >= 15 is 0 Å². The summed E-state index contributed by atoms with van der Waals surface area (Å²) in [7, 11) is 0. The van der Waals surface area contributed by atoms with Crippen molar-refractivity contribution < 1.29 is 14.3 Å². The molecule has 118 valence electrons. The maximum atomic E-state index is 12.1. The van der Waals surface area contributed by atoms with E-state index < -0.39 is 0 Å². The van der Waals surface area contributed by atoms with Gasteiger partial charge in [0.2, 0.25) is 0 Å². The minimum atomic E-state index is 0. The minimum absolute atomic E-state index is 0. The lowest BCUT2D eigenvalue weighted by Crippen LogP contribution is -2.44. The Kier molecular flexibility index (Phi) is 7.32. The zero-order valence-electron chi connectivity index (χ0n) is 12.3. The highest BCUT2D eigenvalue weighted by Gasteiger charge is 2.21. The zero-order chi connectivity index (χ0) is 14.4. The number of halogens is 1. The van der Waals surface area contributed by atoms with Crippen LogP contribution in [0.4, 0.5) is 0 Å². The van der Waals surface area contributed by atoms with Crippen molar-refractivity contribution in [1.82, 2.24) is 4.90 Å². The monoisotopic (exact) mass is 314 g/mol. The average Bonchev–Trinajstić information content (AvgIpc) is 2.47. The van der Waals surface area contributed by atoms with E-state index in [1.54, 1.807) is 0 Å². The number of rotatable bonds is 5. The third-order valence-electron chi connectivity index (χ3n) is 3.39. The molecule has 5 nitrogen and oxygen atoms in total. The smallest absolute Gasteiger partial charge is 0.260 e. The van der Waals surface area contributed by atoms with E-state index in [0.29, 0.717) is 18.1 Å². The number of likely N-dealkylation sites (tertiary alicyclic amines) is 1. The van der Waals surface area contributed by atoms with Crippen LogP contribution in [0.1, 0.15) is 19.8 Å². The first-order chi connectivity index (χ1) is 9.70. The Morgan fingerprint density at radius 2 is 1.81 bits per heavy atom. The second-order valence-corrected chi connectivity index (χ2v) is 4.89. The van der Waals surface area contributed by atoms with E-state index in [4.69, 9.17) is 15.2 Å². The highest BCUT2D eigenvalue weighted by Crippen LogP contribution is 2.26. The van der Waals surface area contributed by atoms with Crippen LogP contribution in [0, 0.1) is 0 Å². The summed E-state index contributed by atoms with van der Waals surface area (Å²) >= 11 is 0. The number of nitrogens with zero attached hydrogens (tertiary/aromatic N) is 1. The zero-order valence-corrected chi connectivity index (χ0v) is 13.1. The van der Waals surface area contributed by atoms with Crippen LogP contribution in [-0.2, 0) is 4.79 Å². The van der Waals surface area contributed by atoms with Crippen LogP contribution in [0.3, 0.4) is 0 Å². The molecule has 1 aliphatic heterocycles. The maximum absolute atomic E-state index is 12.1. The predicted octanol–water partition coefficient (Wildman–Crippen LogP) is 1.84. The highest BCUT2D eigenvalue weighted by molar-refractivity contribution is 5.85. The van der Waals surface area contributed by atoms with Crippen molar-refractivity contribution >= 4 is 18.3 Å². The van der Waals surface area contributed by atoms with Gasteiger partial charge in [-0.15, -0.1) is 12.4 Å². The molecule has 1 aromatic carbocycles. The van der Waals surface area contributed by atoms with E-state index in [2.05, 4.69) is 0 Å². The molecule has 1 saturated heterocycles. The minimum Gasteiger partial charge on any atom is -0.490 e. The topological polar surface area (TPSA) is 64.8 Å². The number of hydrogen-bond donors (Lipinski definition) is 1. The number of carbonyl (C=O) groups excluding carboxylic acids is 1. The SMILES string of the molecule is CCOc1ccccc1OCC(=O)N1CCC(N)CC1.Cl. The Morgan fingerprint density at radius 3 is 2.38 bits per heavy atom. The predicted molar refractivity (Wildman–Crippen MR) is 84.1 cm³/mol. The number of amides is 1. The van der Waals surface area contributed by atoms with E-state index in [-0.39, 0.29) is 31.0 Å². The van der Waals surface area contributed by atoms with Crippen LogP contribution in [0.2, 0.25) is 0 Å². The fourth-order valence-electron chi connectivity index (χ4n) is 2.22. The van der Waals surface area contributed by atoms with Gasteiger partial charge in [-0.05, 0) is 31.9 Å². The highest BCUT2D eigenvalue weighted by atomic mass is 35.5. The van der Waals surface area contributed by atoms with Gasteiger partial charge >= 0.3 is 0 Å². The van der Waals surface area contributed by atoms with E-state index in [0.717, 1.165) is 25.9 Å². The molecule has 0 aromatic heterocycles. The van der Waals surface area contributed by atoms with Crippen LogP contribution in [-0.4, -0.2) is 43.2 Å². The molecule has 1 fully saturated rings. The van der Waals surface area contributed by atoms with Gasteiger partial charge in [-0.2, -0.15) is 0 Å². The number of hydrogen-bond acceptors (Lipinski definition) is 4. The molecule has 1 aliphatic rings. The lowest BCUT2D eigenvalue weighted by molar-refractivity contribution is -0.134. The van der Waals surface area contributed by atoms with Gasteiger partial charge in [0.25, 0.3) is 5.91 Å². The first kappa shape index (κ1) is 17.6. The Balaban J connectivity index is 0.00000220. The molecule has 0 saturated carbocycles. The van der Waals surface area contributed by atoms with Crippen molar-refractivity contribution in [2.75, 3.05) is 26.3 Å². The quantitative estimate of drug-likeness (QED) is 0.900. The number of para-hydroxylation sites is 2. The molecule has 0 aliphatic carbocycles. The lowest BCUT2D eigenvalue weighted by Gasteiger charge is -2.30. The molecule has 6 heteroatoms. The molecule has 21 heavy (non-hydrogen) atoms. The van der Waals surface area contributed by atoms with Gasteiger partial charge in [0.1, 0.15) is 0 Å². The van der Waals surface area contributed by atoms with Gasteiger partial charge in [0.15, 0.2) is 18.1 Å². The van der Waals surface area contributed by atoms with Crippen molar-refractivity contribution in [3.05, 3.63) is 24.3 Å². The maximum Gasteiger partial charge on any atom is 0.260 e. The average molecular weight is 315 g/mol. The molecule has 0 unspecified atom stereocenters. The second kappa shape index (κ2) is 8.74. The van der Waals surface area contributed by atoms with Crippen molar-refractivity contribution in [2.45, 2.75) is 25.8 Å². The Morgan fingerprint density at radius 1 is 1.24 bits per heavy atom. The van der Waals surface area contributed by atoms with Gasteiger partial charge in [0, 0.05) is 19.1 Å². The Hall–Kier alpha value is -1.46. The molecule has 0 atom stereocenters. The second-order valence-electron chi connectivity index (χ2n) is 4.89. The van der Waals surface area contributed by atoms with Gasteiger partial charge in [0.05, 0.1) is 6.61 Å². The fourth-order valence-corrected chi connectivity index (χ4v) is 2.22. The summed E-state index contributed by atoms with van der Waals surface area (Å²) in [6.45, 7) is 3.96. The molecule has 1 amide bonds. The molecule has 0 radical (unpaired) electrons. The molecule has 1 heterocycles. The lowest BCUT2D eigenvalue weighted by atomic mass is 10.1. The van der Waals surface area contributed by atoms with Crippen LogP contribution >= 0.6 is 12.4 Å². The van der Waals surface area contributed by atoms with Crippen LogP contribution in [0.25, 0.3) is 0 Å². The summed E-state index contributed by atoms with van der Waals surface area (Å²) in [5.41, 5.74) is 5.83. The Bertz CT molecular complexity index is 448. The summed E-state index contributed by atoms with van der Waals surface area (Å²) in [5.74, 6) is 1.28. The molecule has 0 spiro atoms. The summed E-state index contributed by atoms with van der Waals surface area (Å²) < 4.78 is 11.0. The number of piperidine rings is 1. The number of carbonyl (C=O) groups is 1. The van der Waals surface area contributed by atoms with E-state index in [1.807, 2.05) is 36.1 Å². The standard InChI is InChI=1S/C15H22N2O3.ClH/c1-2-19-13-5-3-4-6-14(13)20-11-15(18)17-9-7-12(16)8-10-17;/h3-6,12H,2,7-11,16H2,1H3;1H. The summed E-state index contributed by atoms with van der Waals surface area (Å²) in [4.78, 5) is 13.9. The number of nitrogens with two attached hydrogens (primary N) is 1. The van der Waals surface area contributed by atoms with Crippen LogP contribution in [0.5, 0.6) is 11.5 Å². The van der Waals surface area contributed by atoms with Crippen LogP contribution in [0.15, 0.2) is 24.3 Å². The van der Waals surface area contributed by atoms with Gasteiger partial charge in [-0.25, -0.2) is 0 Å². The third-order valence-corrected chi connectivity index (χ3v) is 3.39. The van der Waals surface area contributed by atoms with Crippen LogP contribution < -0.4 is 15.2 Å².